The summed E-state index contributed by atoms with van der Waals surface area (Å²) < 4.78 is 34.7. The van der Waals surface area contributed by atoms with Crippen molar-refractivity contribution in [2.24, 2.45) is 10.9 Å². The van der Waals surface area contributed by atoms with Gasteiger partial charge in [-0.15, -0.1) is 24.0 Å². The van der Waals surface area contributed by atoms with Crippen LogP contribution in [0.2, 0.25) is 0 Å². The Morgan fingerprint density at radius 2 is 1.96 bits per heavy atom. The highest BCUT2D eigenvalue weighted by Crippen LogP contribution is 2.25. The third kappa shape index (κ3) is 9.66. The Bertz CT molecular complexity index is 529. The maximum Gasteiger partial charge on any atom is 0.387 e. The lowest BCUT2D eigenvalue weighted by Gasteiger charge is -2.15. The number of benzene rings is 1. The molecule has 0 bridgehead atoms. The summed E-state index contributed by atoms with van der Waals surface area (Å²) in [6.07, 6.45) is 2.17. The van der Waals surface area contributed by atoms with Gasteiger partial charge in [0.1, 0.15) is 11.5 Å². The number of guanidine groups is 1. The molecular weight excluding hydrogens is 443 g/mol. The first kappa shape index (κ1) is 23.7. The van der Waals surface area contributed by atoms with Gasteiger partial charge in [0.05, 0.1) is 7.11 Å². The van der Waals surface area contributed by atoms with E-state index in [1.165, 1.54) is 13.2 Å². The summed E-state index contributed by atoms with van der Waals surface area (Å²) in [4.78, 5) is 4.13. The molecule has 0 saturated carbocycles. The summed E-state index contributed by atoms with van der Waals surface area (Å²) in [7, 11) is 3.19. The first-order valence-electron chi connectivity index (χ1n) is 8.02. The highest BCUT2D eigenvalue weighted by atomic mass is 127. The van der Waals surface area contributed by atoms with Crippen LogP contribution in [-0.4, -0.2) is 33.3 Å². The molecule has 0 atom stereocenters. The van der Waals surface area contributed by atoms with Crippen molar-refractivity contribution in [1.29, 1.82) is 0 Å². The van der Waals surface area contributed by atoms with Crippen LogP contribution in [0.5, 0.6) is 11.5 Å². The molecule has 25 heavy (non-hydrogen) atoms. The van der Waals surface area contributed by atoms with E-state index in [1.807, 2.05) is 0 Å². The van der Waals surface area contributed by atoms with Crippen LogP contribution in [0.15, 0.2) is 23.2 Å². The Balaban J connectivity index is 0.00000576. The zero-order valence-corrected chi connectivity index (χ0v) is 17.5. The van der Waals surface area contributed by atoms with Gasteiger partial charge in [-0.05, 0) is 37.0 Å². The smallest absolute Gasteiger partial charge is 0.387 e. The van der Waals surface area contributed by atoms with E-state index in [2.05, 4.69) is 34.2 Å². The Labute approximate surface area is 165 Å². The molecule has 1 aromatic rings. The molecule has 144 valence electrons. The van der Waals surface area contributed by atoms with Crippen LogP contribution in [0, 0.1) is 5.92 Å². The minimum absolute atomic E-state index is 0. The van der Waals surface area contributed by atoms with Crippen molar-refractivity contribution < 1.29 is 18.3 Å². The lowest BCUT2D eigenvalue weighted by Crippen LogP contribution is -2.37. The fourth-order valence-electron chi connectivity index (χ4n) is 2.15. The Morgan fingerprint density at radius 1 is 1.24 bits per heavy atom. The molecule has 1 rings (SSSR count). The van der Waals surface area contributed by atoms with Crippen molar-refractivity contribution in [3.8, 4) is 11.5 Å². The molecule has 8 heteroatoms. The molecule has 1 aromatic carbocycles. The van der Waals surface area contributed by atoms with Gasteiger partial charge >= 0.3 is 6.61 Å². The molecule has 0 aliphatic rings. The van der Waals surface area contributed by atoms with Crippen LogP contribution in [-0.2, 0) is 6.54 Å². The zero-order chi connectivity index (χ0) is 17.9. The summed E-state index contributed by atoms with van der Waals surface area (Å²) in [6, 6.07) is 4.72. The third-order valence-corrected chi connectivity index (χ3v) is 3.40. The molecule has 0 unspecified atom stereocenters. The molecule has 0 spiro atoms. The van der Waals surface area contributed by atoms with Crippen LogP contribution in [0.3, 0.4) is 0 Å². The average Bonchev–Trinajstić information content (AvgIpc) is 2.54. The molecule has 0 amide bonds. The van der Waals surface area contributed by atoms with Gasteiger partial charge in [0.25, 0.3) is 0 Å². The second-order valence-corrected chi connectivity index (χ2v) is 5.74. The minimum atomic E-state index is -2.87. The summed E-state index contributed by atoms with van der Waals surface area (Å²) in [5, 5.41) is 6.30. The molecule has 5 nitrogen and oxygen atoms in total. The molecular formula is C17H28F2IN3O2. The largest absolute Gasteiger partial charge is 0.497 e. The lowest BCUT2D eigenvalue weighted by molar-refractivity contribution is -0.0504. The molecule has 0 heterocycles. The molecule has 0 aromatic heterocycles. The third-order valence-electron chi connectivity index (χ3n) is 3.40. The van der Waals surface area contributed by atoms with E-state index < -0.39 is 6.61 Å². The maximum absolute atomic E-state index is 12.5. The van der Waals surface area contributed by atoms with Gasteiger partial charge in [-0.25, -0.2) is 0 Å². The first-order chi connectivity index (χ1) is 11.5. The fourth-order valence-corrected chi connectivity index (χ4v) is 2.15. The predicted octanol–water partition coefficient (Wildman–Crippen LogP) is 4.02. The van der Waals surface area contributed by atoms with Crippen LogP contribution in [0.25, 0.3) is 0 Å². The van der Waals surface area contributed by atoms with Crippen LogP contribution >= 0.6 is 24.0 Å². The topological polar surface area (TPSA) is 54.9 Å². The van der Waals surface area contributed by atoms with Crippen molar-refractivity contribution in [3.05, 3.63) is 23.8 Å². The second-order valence-electron chi connectivity index (χ2n) is 5.74. The van der Waals surface area contributed by atoms with Crippen molar-refractivity contribution in [1.82, 2.24) is 10.6 Å². The molecule has 0 aliphatic carbocycles. The van der Waals surface area contributed by atoms with Gasteiger partial charge in [-0.1, -0.05) is 13.8 Å². The molecule has 0 fully saturated rings. The van der Waals surface area contributed by atoms with Gasteiger partial charge in [-0.3, -0.25) is 4.99 Å². The Hall–Kier alpha value is -1.32. The van der Waals surface area contributed by atoms with Crippen LogP contribution < -0.4 is 20.1 Å². The quantitative estimate of drug-likeness (QED) is 0.247. The number of aliphatic imine (C=N–C) groups is 1. The Kier molecular flexibility index (Phi) is 12.3. The highest BCUT2D eigenvalue weighted by molar-refractivity contribution is 14.0. The minimum Gasteiger partial charge on any atom is -0.497 e. The molecule has 0 aliphatic heterocycles. The standard InChI is InChI=1S/C17H27F2N3O2.HI/c1-12(2)6-5-9-21-17(20-3)22-11-13-10-14(23-4)7-8-15(13)24-16(18)19;/h7-8,10,12,16H,5-6,9,11H2,1-4H3,(H2,20,21,22);1H. The van der Waals surface area contributed by atoms with Crippen LogP contribution in [0.1, 0.15) is 32.3 Å². The molecule has 2 N–H and O–H groups in total. The number of hydrogen-bond donors (Lipinski definition) is 2. The normalized spacial score (nSPS) is 11.3. The van der Waals surface area contributed by atoms with E-state index in [1.54, 1.807) is 19.2 Å². The number of nitrogens with one attached hydrogen (secondary N) is 2. The van der Waals surface area contributed by atoms with Crippen LogP contribution in [0.4, 0.5) is 8.78 Å². The van der Waals surface area contributed by atoms with E-state index >= 15 is 0 Å². The summed E-state index contributed by atoms with van der Waals surface area (Å²) in [5.41, 5.74) is 0.569. The van der Waals surface area contributed by atoms with Gasteiger partial charge in [0.2, 0.25) is 0 Å². The van der Waals surface area contributed by atoms with Crippen molar-refractivity contribution in [3.63, 3.8) is 0 Å². The van der Waals surface area contributed by atoms with E-state index in [9.17, 15) is 8.78 Å². The summed E-state index contributed by atoms with van der Waals surface area (Å²) in [5.74, 6) is 1.97. The monoisotopic (exact) mass is 471 g/mol. The average molecular weight is 471 g/mol. The van der Waals surface area contributed by atoms with Crippen molar-refractivity contribution in [2.45, 2.75) is 39.8 Å². The molecule has 0 saturated heterocycles. The number of ether oxygens (including phenoxy) is 2. The number of nitrogens with zero attached hydrogens (tertiary/aromatic N) is 1. The van der Waals surface area contributed by atoms with Crippen molar-refractivity contribution in [2.75, 3.05) is 20.7 Å². The lowest BCUT2D eigenvalue weighted by atomic mass is 10.1. The van der Waals surface area contributed by atoms with E-state index in [4.69, 9.17) is 4.74 Å². The van der Waals surface area contributed by atoms with E-state index in [-0.39, 0.29) is 29.7 Å². The Morgan fingerprint density at radius 3 is 2.52 bits per heavy atom. The number of alkyl halides is 2. The van der Waals surface area contributed by atoms with Gasteiger partial charge < -0.3 is 20.1 Å². The van der Waals surface area contributed by atoms with Gasteiger partial charge in [0, 0.05) is 25.7 Å². The van der Waals surface area contributed by atoms with E-state index in [0.29, 0.717) is 29.7 Å². The summed E-state index contributed by atoms with van der Waals surface area (Å²) >= 11 is 0. The SMILES string of the molecule is CN=C(NCCCC(C)C)NCc1cc(OC)ccc1OC(F)F.I. The predicted molar refractivity (Wildman–Crippen MR) is 107 cm³/mol. The highest BCUT2D eigenvalue weighted by Gasteiger charge is 2.11. The number of hydrogen-bond acceptors (Lipinski definition) is 3. The number of methoxy groups -OCH3 is 1. The first-order valence-corrected chi connectivity index (χ1v) is 8.02. The maximum atomic E-state index is 12.5. The number of halogens is 3. The second kappa shape index (κ2) is 13.0. The van der Waals surface area contributed by atoms with Gasteiger partial charge in [-0.2, -0.15) is 8.78 Å². The fraction of sp³-hybridized carbons (Fsp3) is 0.588. The summed E-state index contributed by atoms with van der Waals surface area (Å²) in [6.45, 7) is 2.59. The van der Waals surface area contributed by atoms with Crippen molar-refractivity contribution >= 4 is 29.9 Å². The molecule has 0 radical (unpaired) electrons. The van der Waals surface area contributed by atoms with Gasteiger partial charge in [0.15, 0.2) is 5.96 Å². The van der Waals surface area contributed by atoms with E-state index in [0.717, 1.165) is 19.4 Å². The zero-order valence-electron chi connectivity index (χ0n) is 15.1. The number of rotatable bonds is 9.